The number of benzene rings is 1. The van der Waals surface area contributed by atoms with Gasteiger partial charge in [-0.25, -0.2) is 19.4 Å². The lowest BCUT2D eigenvalue weighted by atomic mass is 10.1. The standard InChI is InChI=1S/C23H29FN4O5S/c1-22(2,3)33-21(31)27-23(4,5)19(30)32-16-13-15(24)9-8-14(16)12-17-18(29)26-20(34-17)28-11-7-6-10-25-28/h8-9,12-13,25H,6-7,10-11H2,1-5H3,(H,27,31). The fourth-order valence-electron chi connectivity index (χ4n) is 3.06. The number of alkyl carbamates (subject to hydrolysis) is 1. The molecule has 3 rings (SSSR count). The molecule has 2 heterocycles. The highest BCUT2D eigenvalue weighted by molar-refractivity contribution is 8.18. The zero-order chi connectivity index (χ0) is 25.1. The molecule has 1 saturated heterocycles. The molecule has 184 valence electrons. The second kappa shape index (κ2) is 10.1. The number of hydrogen-bond acceptors (Lipinski definition) is 8. The van der Waals surface area contributed by atoms with Crippen LogP contribution in [0.15, 0.2) is 28.1 Å². The number of amidine groups is 1. The molecule has 2 aliphatic rings. The molecule has 2 amide bonds. The highest BCUT2D eigenvalue weighted by Crippen LogP contribution is 2.33. The van der Waals surface area contributed by atoms with Gasteiger partial charge in [0.15, 0.2) is 5.17 Å². The Morgan fingerprint density at radius 1 is 1.24 bits per heavy atom. The molecule has 11 heteroatoms. The Morgan fingerprint density at radius 3 is 2.62 bits per heavy atom. The zero-order valence-corrected chi connectivity index (χ0v) is 20.7. The Morgan fingerprint density at radius 2 is 1.97 bits per heavy atom. The molecule has 0 spiro atoms. The van der Waals surface area contributed by atoms with Crippen LogP contribution in [-0.4, -0.2) is 52.4 Å². The first-order valence-corrected chi connectivity index (χ1v) is 11.7. The lowest BCUT2D eigenvalue weighted by molar-refractivity contribution is -0.140. The third-order valence-electron chi connectivity index (χ3n) is 4.74. The molecule has 2 aliphatic heterocycles. The maximum Gasteiger partial charge on any atom is 0.408 e. The summed E-state index contributed by atoms with van der Waals surface area (Å²) in [6.45, 7) is 9.52. The molecular weight excluding hydrogens is 463 g/mol. The van der Waals surface area contributed by atoms with E-state index in [1.807, 2.05) is 5.01 Å². The molecule has 0 aromatic heterocycles. The quantitative estimate of drug-likeness (QED) is 0.373. The van der Waals surface area contributed by atoms with Gasteiger partial charge in [0.25, 0.3) is 5.91 Å². The summed E-state index contributed by atoms with van der Waals surface area (Å²) in [5, 5.41) is 4.83. The third kappa shape index (κ3) is 6.80. The second-order valence-electron chi connectivity index (χ2n) is 9.40. The molecular formula is C23H29FN4O5S. The van der Waals surface area contributed by atoms with Crippen LogP contribution in [0.2, 0.25) is 0 Å². The minimum Gasteiger partial charge on any atom is -0.444 e. The number of carbonyl (C=O) groups excluding carboxylic acids is 3. The van der Waals surface area contributed by atoms with Gasteiger partial charge in [0.05, 0.1) is 4.91 Å². The van der Waals surface area contributed by atoms with Crippen LogP contribution in [0.1, 0.15) is 53.0 Å². The first kappa shape index (κ1) is 25.7. The van der Waals surface area contributed by atoms with Crippen molar-refractivity contribution in [2.45, 2.75) is 58.6 Å². The zero-order valence-electron chi connectivity index (χ0n) is 19.9. The van der Waals surface area contributed by atoms with Crippen LogP contribution in [0, 0.1) is 5.82 Å². The molecule has 1 aromatic carbocycles. The number of carbonyl (C=O) groups is 3. The normalized spacial score (nSPS) is 18.1. The molecule has 2 N–H and O–H groups in total. The van der Waals surface area contributed by atoms with Crippen molar-refractivity contribution in [3.63, 3.8) is 0 Å². The molecule has 9 nitrogen and oxygen atoms in total. The Kier molecular flexibility index (Phi) is 7.67. The van der Waals surface area contributed by atoms with Crippen molar-refractivity contribution in [2.24, 2.45) is 4.99 Å². The summed E-state index contributed by atoms with van der Waals surface area (Å²) in [6, 6.07) is 3.65. The van der Waals surface area contributed by atoms with E-state index in [9.17, 15) is 18.8 Å². The number of nitrogens with one attached hydrogen (secondary N) is 2. The number of aliphatic imine (C=N–C) groups is 1. The number of thioether (sulfide) groups is 1. The average Bonchev–Trinajstić information content (AvgIpc) is 3.09. The maximum absolute atomic E-state index is 14.0. The molecule has 0 bridgehead atoms. The van der Waals surface area contributed by atoms with Gasteiger partial charge in [-0.15, -0.1) is 0 Å². The molecule has 1 aromatic rings. The fourth-order valence-corrected chi connectivity index (χ4v) is 3.97. The maximum atomic E-state index is 14.0. The van der Waals surface area contributed by atoms with E-state index in [1.54, 1.807) is 20.8 Å². The van der Waals surface area contributed by atoms with E-state index in [4.69, 9.17) is 9.47 Å². The second-order valence-corrected chi connectivity index (χ2v) is 10.4. The van der Waals surface area contributed by atoms with Crippen molar-refractivity contribution in [3.05, 3.63) is 34.5 Å². The summed E-state index contributed by atoms with van der Waals surface area (Å²) in [6.07, 6.45) is 2.75. The molecule has 0 saturated carbocycles. The minimum atomic E-state index is -1.47. The summed E-state index contributed by atoms with van der Waals surface area (Å²) in [4.78, 5) is 41.8. The van der Waals surface area contributed by atoms with Crippen molar-refractivity contribution in [1.82, 2.24) is 15.8 Å². The number of nitrogens with zero attached hydrogens (tertiary/aromatic N) is 2. The van der Waals surface area contributed by atoms with Crippen LogP contribution < -0.4 is 15.5 Å². The van der Waals surface area contributed by atoms with Gasteiger partial charge in [-0.1, -0.05) is 0 Å². The Balaban J connectivity index is 1.76. The lowest BCUT2D eigenvalue weighted by Gasteiger charge is -2.28. The Bertz CT molecular complexity index is 1040. The van der Waals surface area contributed by atoms with Crippen LogP contribution in [0.5, 0.6) is 5.75 Å². The molecule has 0 radical (unpaired) electrons. The summed E-state index contributed by atoms with van der Waals surface area (Å²) in [5.74, 6) is -1.97. The number of hydrogen-bond donors (Lipinski definition) is 2. The molecule has 0 atom stereocenters. The van der Waals surface area contributed by atoms with E-state index < -0.39 is 34.9 Å². The van der Waals surface area contributed by atoms with Gasteiger partial charge in [0.2, 0.25) is 0 Å². The largest absolute Gasteiger partial charge is 0.444 e. The highest BCUT2D eigenvalue weighted by Gasteiger charge is 2.34. The summed E-state index contributed by atoms with van der Waals surface area (Å²) in [5.41, 5.74) is 1.30. The van der Waals surface area contributed by atoms with Gasteiger partial charge < -0.3 is 14.8 Å². The van der Waals surface area contributed by atoms with Gasteiger partial charge in [0.1, 0.15) is 22.7 Å². The number of halogens is 1. The van der Waals surface area contributed by atoms with Gasteiger partial charge in [-0.2, -0.15) is 4.99 Å². The van der Waals surface area contributed by atoms with Gasteiger partial charge >= 0.3 is 12.1 Å². The first-order chi connectivity index (χ1) is 15.8. The van der Waals surface area contributed by atoms with E-state index >= 15 is 0 Å². The number of amides is 2. The van der Waals surface area contributed by atoms with Crippen LogP contribution >= 0.6 is 11.8 Å². The van der Waals surface area contributed by atoms with Crippen molar-refractivity contribution in [2.75, 3.05) is 13.1 Å². The predicted octanol–water partition coefficient (Wildman–Crippen LogP) is 3.61. The van der Waals surface area contributed by atoms with E-state index in [0.29, 0.717) is 15.6 Å². The monoisotopic (exact) mass is 492 g/mol. The first-order valence-electron chi connectivity index (χ1n) is 10.9. The molecule has 1 fully saturated rings. The Hall–Kier alpha value is -2.92. The van der Waals surface area contributed by atoms with Crippen molar-refractivity contribution >= 4 is 41.0 Å². The van der Waals surface area contributed by atoms with Crippen LogP contribution in [-0.2, 0) is 14.3 Å². The van der Waals surface area contributed by atoms with E-state index in [-0.39, 0.29) is 5.75 Å². The van der Waals surface area contributed by atoms with Crippen LogP contribution in [0.3, 0.4) is 0 Å². The number of hydrazine groups is 1. The van der Waals surface area contributed by atoms with Crippen molar-refractivity contribution < 1.29 is 28.2 Å². The van der Waals surface area contributed by atoms with Gasteiger partial charge in [0, 0.05) is 24.7 Å². The third-order valence-corrected chi connectivity index (χ3v) is 5.75. The van der Waals surface area contributed by atoms with Crippen molar-refractivity contribution in [3.8, 4) is 5.75 Å². The summed E-state index contributed by atoms with van der Waals surface area (Å²) >= 11 is 1.19. The Labute approximate surface area is 202 Å². The van der Waals surface area contributed by atoms with Gasteiger partial charge in [-0.3, -0.25) is 9.80 Å². The van der Waals surface area contributed by atoms with E-state index in [1.165, 1.54) is 43.8 Å². The molecule has 0 unspecified atom stereocenters. The average molecular weight is 493 g/mol. The number of esters is 1. The SMILES string of the molecule is CC(C)(C)OC(=O)NC(C)(C)C(=O)Oc1cc(F)ccc1C=C1SC(N2CCCCN2)=NC1=O. The molecule has 34 heavy (non-hydrogen) atoms. The number of ether oxygens (including phenoxy) is 2. The van der Waals surface area contributed by atoms with Crippen LogP contribution in [0.25, 0.3) is 6.08 Å². The molecule has 0 aliphatic carbocycles. The van der Waals surface area contributed by atoms with Crippen molar-refractivity contribution in [1.29, 1.82) is 0 Å². The topological polar surface area (TPSA) is 109 Å². The number of rotatable bonds is 4. The smallest absolute Gasteiger partial charge is 0.408 e. The van der Waals surface area contributed by atoms with Crippen LogP contribution in [0.4, 0.5) is 9.18 Å². The lowest BCUT2D eigenvalue weighted by Crippen LogP contribution is -2.52. The minimum absolute atomic E-state index is 0.0884. The predicted molar refractivity (Wildman–Crippen MR) is 127 cm³/mol. The summed E-state index contributed by atoms with van der Waals surface area (Å²) in [7, 11) is 0. The summed E-state index contributed by atoms with van der Waals surface area (Å²) < 4.78 is 24.6. The highest BCUT2D eigenvalue weighted by atomic mass is 32.2. The fraction of sp³-hybridized carbons (Fsp3) is 0.478. The van der Waals surface area contributed by atoms with E-state index in [2.05, 4.69) is 15.7 Å². The van der Waals surface area contributed by atoms with E-state index in [0.717, 1.165) is 32.0 Å². The van der Waals surface area contributed by atoms with Gasteiger partial charge in [-0.05, 0) is 77.4 Å².